The van der Waals surface area contributed by atoms with E-state index >= 15 is 0 Å². The van der Waals surface area contributed by atoms with Crippen molar-refractivity contribution in [1.82, 2.24) is 10.2 Å². The number of hydrogen-bond donors (Lipinski definition) is 1. The van der Waals surface area contributed by atoms with Crippen LogP contribution in [0.5, 0.6) is 0 Å². The van der Waals surface area contributed by atoms with Gasteiger partial charge >= 0.3 is 6.01 Å². The minimum Gasteiger partial charge on any atom is -0.459 e. The van der Waals surface area contributed by atoms with Crippen molar-refractivity contribution in [2.45, 2.75) is 17.2 Å². The summed E-state index contributed by atoms with van der Waals surface area (Å²) in [7, 11) is -3.31. The minimum atomic E-state index is -3.31. The third-order valence-corrected chi connectivity index (χ3v) is 5.59. The summed E-state index contributed by atoms with van der Waals surface area (Å²) in [5.41, 5.74) is 0.579. The Morgan fingerprint density at radius 2 is 1.97 bits per heavy atom. The highest BCUT2D eigenvalue weighted by Crippen LogP contribution is 2.32. The highest BCUT2D eigenvalue weighted by molar-refractivity contribution is 7.90. The molecule has 1 aliphatic heterocycles. The van der Waals surface area contributed by atoms with Crippen molar-refractivity contribution in [2.24, 2.45) is 0 Å². The van der Waals surface area contributed by atoms with Crippen LogP contribution in [0.4, 0.5) is 11.7 Å². The Hall–Kier alpha value is -3.47. The zero-order valence-electron chi connectivity index (χ0n) is 15.2. The van der Waals surface area contributed by atoms with Gasteiger partial charge in [-0.1, -0.05) is 5.10 Å². The summed E-state index contributed by atoms with van der Waals surface area (Å²) in [5.74, 6) is -0.700. The van der Waals surface area contributed by atoms with E-state index in [-0.39, 0.29) is 40.8 Å². The number of aromatic nitrogens is 2. The maximum Gasteiger partial charge on any atom is 0.322 e. The molecular weight excluding hydrogens is 400 g/mol. The molecule has 1 saturated heterocycles. The van der Waals surface area contributed by atoms with Crippen LogP contribution in [-0.4, -0.2) is 43.2 Å². The van der Waals surface area contributed by atoms with Gasteiger partial charge in [0, 0.05) is 24.9 Å². The standard InChI is InChI=1S/C18H16N4O6S/c1-29(25,26)13-6-4-12(5-7-13)22-10-11(9-15(22)23)17-20-21-18(28-17)19-16(24)14-3-2-8-27-14/h2-8,11H,9-10H2,1H3,(H,19,21,24)/t11-/m0/s1. The summed E-state index contributed by atoms with van der Waals surface area (Å²) in [5, 5.41) is 10.1. The van der Waals surface area contributed by atoms with Crippen molar-refractivity contribution in [3.05, 3.63) is 54.3 Å². The van der Waals surface area contributed by atoms with Gasteiger partial charge in [-0.25, -0.2) is 8.42 Å². The van der Waals surface area contributed by atoms with E-state index in [2.05, 4.69) is 15.5 Å². The Kier molecular flexibility index (Phi) is 4.66. The van der Waals surface area contributed by atoms with Gasteiger partial charge in [0.05, 0.1) is 17.1 Å². The van der Waals surface area contributed by atoms with Crippen LogP contribution >= 0.6 is 0 Å². The lowest BCUT2D eigenvalue weighted by Crippen LogP contribution is -2.24. The Morgan fingerprint density at radius 1 is 1.21 bits per heavy atom. The minimum absolute atomic E-state index is 0.0928. The fourth-order valence-electron chi connectivity index (χ4n) is 3.01. The maximum absolute atomic E-state index is 12.4. The molecule has 2 aromatic heterocycles. The van der Waals surface area contributed by atoms with Gasteiger partial charge in [0.15, 0.2) is 15.6 Å². The fourth-order valence-corrected chi connectivity index (χ4v) is 3.64. The van der Waals surface area contributed by atoms with E-state index in [0.29, 0.717) is 12.2 Å². The molecule has 29 heavy (non-hydrogen) atoms. The number of carbonyl (C=O) groups excluding carboxylic acids is 2. The second-order valence-corrected chi connectivity index (χ2v) is 8.56. The number of sulfone groups is 1. The Labute approximate surface area is 165 Å². The van der Waals surface area contributed by atoms with E-state index < -0.39 is 15.7 Å². The molecule has 0 bridgehead atoms. The smallest absolute Gasteiger partial charge is 0.322 e. The van der Waals surface area contributed by atoms with Crippen LogP contribution in [0.2, 0.25) is 0 Å². The van der Waals surface area contributed by atoms with Crippen LogP contribution in [0.15, 0.2) is 56.4 Å². The summed E-state index contributed by atoms with van der Waals surface area (Å²) in [6.45, 7) is 0.296. The number of nitrogens with one attached hydrogen (secondary N) is 1. The molecule has 0 aliphatic carbocycles. The van der Waals surface area contributed by atoms with E-state index in [1.54, 1.807) is 18.2 Å². The normalized spacial score (nSPS) is 16.9. The molecule has 2 amide bonds. The lowest BCUT2D eigenvalue weighted by Gasteiger charge is -2.16. The summed E-state index contributed by atoms with van der Waals surface area (Å²) < 4.78 is 33.6. The van der Waals surface area contributed by atoms with Crippen molar-refractivity contribution in [2.75, 3.05) is 23.0 Å². The number of hydrogen-bond acceptors (Lipinski definition) is 8. The number of benzene rings is 1. The molecular formula is C18H16N4O6S. The zero-order valence-corrected chi connectivity index (χ0v) is 16.0. The van der Waals surface area contributed by atoms with Crippen molar-refractivity contribution >= 4 is 33.4 Å². The quantitative estimate of drug-likeness (QED) is 0.665. The first-order valence-corrected chi connectivity index (χ1v) is 10.5. The lowest BCUT2D eigenvalue weighted by molar-refractivity contribution is -0.117. The van der Waals surface area contributed by atoms with Crippen molar-refractivity contribution in [3.8, 4) is 0 Å². The molecule has 1 aliphatic rings. The first-order valence-electron chi connectivity index (χ1n) is 8.60. The van der Waals surface area contributed by atoms with Gasteiger partial charge in [-0.05, 0) is 36.4 Å². The predicted octanol–water partition coefficient (Wildman–Crippen LogP) is 1.84. The summed E-state index contributed by atoms with van der Waals surface area (Å²) in [4.78, 5) is 26.1. The molecule has 1 N–H and O–H groups in total. The average Bonchev–Trinajstić information content (AvgIpc) is 3.41. The van der Waals surface area contributed by atoms with Gasteiger partial charge in [0.25, 0.3) is 5.91 Å². The molecule has 0 spiro atoms. The molecule has 1 aromatic carbocycles. The fraction of sp³-hybridized carbons (Fsp3) is 0.222. The summed E-state index contributed by atoms with van der Waals surface area (Å²) >= 11 is 0. The third kappa shape index (κ3) is 3.90. The van der Waals surface area contributed by atoms with Crippen LogP contribution in [0.1, 0.15) is 28.8 Å². The van der Waals surface area contributed by atoms with Gasteiger partial charge in [0.2, 0.25) is 11.8 Å². The second kappa shape index (κ2) is 7.17. The van der Waals surface area contributed by atoms with Gasteiger partial charge in [-0.15, -0.1) is 5.10 Å². The number of anilines is 2. The monoisotopic (exact) mass is 416 g/mol. The largest absolute Gasteiger partial charge is 0.459 e. The number of carbonyl (C=O) groups is 2. The average molecular weight is 416 g/mol. The molecule has 150 valence electrons. The summed E-state index contributed by atoms with van der Waals surface area (Å²) in [6.07, 6.45) is 2.65. The van der Waals surface area contributed by atoms with Crippen LogP contribution < -0.4 is 10.2 Å². The topological polar surface area (TPSA) is 136 Å². The Balaban J connectivity index is 1.45. The Morgan fingerprint density at radius 3 is 2.62 bits per heavy atom. The molecule has 10 nitrogen and oxygen atoms in total. The molecule has 1 fully saturated rings. The van der Waals surface area contributed by atoms with Crippen LogP contribution in [0.25, 0.3) is 0 Å². The molecule has 11 heteroatoms. The number of nitrogens with zero attached hydrogens (tertiary/aromatic N) is 3. The van der Waals surface area contributed by atoms with Gasteiger partial charge in [-0.3, -0.25) is 14.9 Å². The van der Waals surface area contributed by atoms with Crippen molar-refractivity contribution < 1.29 is 26.8 Å². The zero-order chi connectivity index (χ0) is 20.6. The lowest BCUT2D eigenvalue weighted by atomic mass is 10.1. The first kappa shape index (κ1) is 18.9. The Bertz CT molecular complexity index is 1150. The third-order valence-electron chi connectivity index (χ3n) is 4.46. The van der Waals surface area contributed by atoms with Gasteiger partial charge < -0.3 is 13.7 Å². The number of furan rings is 1. The van der Waals surface area contributed by atoms with E-state index in [1.165, 1.54) is 29.4 Å². The highest BCUT2D eigenvalue weighted by atomic mass is 32.2. The molecule has 1 atom stereocenters. The van der Waals surface area contributed by atoms with Crippen LogP contribution in [0.3, 0.4) is 0 Å². The molecule has 3 aromatic rings. The first-order chi connectivity index (χ1) is 13.8. The van der Waals surface area contributed by atoms with Crippen molar-refractivity contribution in [3.63, 3.8) is 0 Å². The van der Waals surface area contributed by atoms with E-state index in [1.807, 2.05) is 0 Å². The predicted molar refractivity (Wildman–Crippen MR) is 100 cm³/mol. The van der Waals surface area contributed by atoms with E-state index in [9.17, 15) is 18.0 Å². The van der Waals surface area contributed by atoms with Gasteiger partial charge in [-0.2, -0.15) is 0 Å². The number of amides is 2. The molecule has 4 rings (SSSR count). The van der Waals surface area contributed by atoms with Crippen LogP contribution in [-0.2, 0) is 14.6 Å². The van der Waals surface area contributed by atoms with Crippen LogP contribution in [0, 0.1) is 0 Å². The number of rotatable bonds is 5. The second-order valence-electron chi connectivity index (χ2n) is 6.55. The summed E-state index contributed by atoms with van der Waals surface area (Å²) in [6, 6.07) is 9.06. The van der Waals surface area contributed by atoms with Gasteiger partial charge in [0.1, 0.15) is 0 Å². The molecule has 0 saturated carbocycles. The maximum atomic E-state index is 12.4. The van der Waals surface area contributed by atoms with E-state index in [0.717, 1.165) is 6.26 Å². The highest BCUT2D eigenvalue weighted by Gasteiger charge is 2.35. The van der Waals surface area contributed by atoms with E-state index in [4.69, 9.17) is 8.83 Å². The SMILES string of the molecule is CS(=O)(=O)c1ccc(N2C[C@@H](c3nnc(NC(=O)c4ccco4)o3)CC2=O)cc1. The van der Waals surface area contributed by atoms with Crippen molar-refractivity contribution in [1.29, 1.82) is 0 Å². The molecule has 0 unspecified atom stereocenters. The molecule has 0 radical (unpaired) electrons. The molecule has 3 heterocycles.